The molecule has 0 aliphatic rings. The van der Waals surface area contributed by atoms with E-state index in [9.17, 15) is 0 Å². The van der Waals surface area contributed by atoms with Crippen LogP contribution in [0, 0.1) is 35.6 Å². The Balaban J connectivity index is -0.0000000450. The van der Waals surface area contributed by atoms with Gasteiger partial charge < -0.3 is 0 Å². The van der Waals surface area contributed by atoms with E-state index in [2.05, 4.69) is 0 Å². The van der Waals surface area contributed by atoms with E-state index in [4.69, 9.17) is 11.4 Å². The SMILES string of the molecule is [CaH2].[La].[O]=[V](=[O])[OH]. The third-order valence-corrected chi connectivity index (χ3v) is 0. The molecule has 0 heterocycles. The fourth-order valence-corrected chi connectivity index (χ4v) is 0. The Hall–Kier alpha value is 2.60. The van der Waals surface area contributed by atoms with Crippen LogP contribution in [0.25, 0.3) is 0 Å². The van der Waals surface area contributed by atoms with Crippen LogP contribution >= 0.6 is 0 Å². The fraction of sp³-hybridized carbons (Fsp3) is 0. The molecule has 0 aromatic rings. The van der Waals surface area contributed by atoms with Crippen LogP contribution in [-0.4, -0.2) is 41.8 Å². The fourth-order valence-electron chi connectivity index (χ4n) is 0. The standard InChI is InChI=1S/Ca.La.H2O.2O.V.2H/h;;1H2;;;;;/q;;;;;+1;;/p-1. The van der Waals surface area contributed by atoms with Crippen LogP contribution < -0.4 is 0 Å². The summed E-state index contributed by atoms with van der Waals surface area (Å²) >= 11 is -3.69. The molecule has 31 valence electrons. The first kappa shape index (κ1) is 15.8. The molecule has 0 spiro atoms. The quantitative estimate of drug-likeness (QED) is 0.538. The molecule has 0 unspecified atom stereocenters. The Bertz CT molecular complexity index is 59.2. The van der Waals surface area contributed by atoms with Gasteiger partial charge in [-0.3, -0.25) is 0 Å². The van der Waals surface area contributed by atoms with E-state index >= 15 is 0 Å². The molecular formula is H3CaLaO3V. The van der Waals surface area contributed by atoms with Crippen LogP contribution in [0.3, 0.4) is 0 Å². The molecule has 0 aromatic carbocycles. The van der Waals surface area contributed by atoms with Crippen molar-refractivity contribution in [3.05, 3.63) is 0 Å². The Morgan fingerprint density at radius 3 is 1.33 bits per heavy atom. The van der Waals surface area contributed by atoms with Crippen molar-refractivity contribution in [1.82, 2.24) is 0 Å². The maximum atomic E-state index is 8.67. The first-order valence-corrected chi connectivity index (χ1v) is 2.33. The van der Waals surface area contributed by atoms with Crippen molar-refractivity contribution in [2.75, 3.05) is 0 Å². The van der Waals surface area contributed by atoms with Gasteiger partial charge in [-0.1, -0.05) is 0 Å². The summed E-state index contributed by atoms with van der Waals surface area (Å²) in [5.41, 5.74) is 0. The zero-order valence-electron chi connectivity index (χ0n) is 2.29. The van der Waals surface area contributed by atoms with Gasteiger partial charge in [-0.05, 0) is 0 Å². The molecule has 0 fully saturated rings. The monoisotopic (exact) mass is 281 g/mol. The molecule has 0 aromatic heterocycles. The van der Waals surface area contributed by atoms with Gasteiger partial charge in [0.2, 0.25) is 0 Å². The summed E-state index contributed by atoms with van der Waals surface area (Å²) < 4.78 is 24.4. The van der Waals surface area contributed by atoms with Crippen molar-refractivity contribution >= 4 is 37.7 Å². The van der Waals surface area contributed by atoms with E-state index in [1.807, 2.05) is 0 Å². The molecule has 6 heteroatoms. The first-order valence-electron chi connectivity index (χ1n) is 0.565. The zero-order chi connectivity index (χ0) is 3.58. The van der Waals surface area contributed by atoms with Gasteiger partial charge in [-0.2, -0.15) is 0 Å². The molecule has 0 saturated heterocycles. The zero-order valence-corrected chi connectivity index (χ0v) is 7.31. The second-order valence-corrected chi connectivity index (χ2v) is 0.981. The third-order valence-electron chi connectivity index (χ3n) is 0. The van der Waals surface area contributed by atoms with E-state index < -0.39 is 15.4 Å². The summed E-state index contributed by atoms with van der Waals surface area (Å²) in [7, 11) is 0. The Morgan fingerprint density at radius 1 is 1.33 bits per heavy atom. The summed E-state index contributed by atoms with van der Waals surface area (Å²) in [6.45, 7) is 0. The molecule has 6 heavy (non-hydrogen) atoms. The van der Waals surface area contributed by atoms with E-state index in [0.717, 1.165) is 0 Å². The topological polar surface area (TPSA) is 54.4 Å². The van der Waals surface area contributed by atoms with Gasteiger partial charge in [-0.25, -0.2) is 0 Å². The first-order chi connectivity index (χ1) is 1.73. The number of hydrogen-bond donors (Lipinski definition) is 1. The number of hydrogen-bond acceptors (Lipinski definition) is 2. The summed E-state index contributed by atoms with van der Waals surface area (Å²) in [6, 6.07) is 0. The van der Waals surface area contributed by atoms with Gasteiger partial charge in [-0.15, -0.1) is 0 Å². The van der Waals surface area contributed by atoms with Crippen LogP contribution in [0.4, 0.5) is 0 Å². The van der Waals surface area contributed by atoms with Crippen LogP contribution in [0.15, 0.2) is 0 Å². The second-order valence-electron chi connectivity index (χ2n) is 0.238. The summed E-state index contributed by atoms with van der Waals surface area (Å²) in [4.78, 5) is 0. The molecule has 3 nitrogen and oxygen atoms in total. The molecule has 0 rings (SSSR count). The van der Waals surface area contributed by atoms with Crippen LogP contribution in [0.2, 0.25) is 0 Å². The Kier molecular flexibility index (Phi) is 27.9. The molecule has 0 atom stereocenters. The van der Waals surface area contributed by atoms with Crippen molar-refractivity contribution in [3.8, 4) is 0 Å². The average Bonchev–Trinajstić information content (AvgIpc) is 0.811. The molecule has 0 aliphatic heterocycles. The van der Waals surface area contributed by atoms with Crippen molar-refractivity contribution in [1.29, 1.82) is 0 Å². The van der Waals surface area contributed by atoms with Gasteiger partial charge in [0.1, 0.15) is 0 Å². The molecule has 0 bridgehead atoms. The Labute approximate surface area is 97.8 Å². The van der Waals surface area contributed by atoms with Crippen molar-refractivity contribution in [2.45, 2.75) is 0 Å². The van der Waals surface area contributed by atoms with Gasteiger partial charge in [0.15, 0.2) is 0 Å². The van der Waals surface area contributed by atoms with E-state index in [0.29, 0.717) is 0 Å². The van der Waals surface area contributed by atoms with E-state index in [1.165, 1.54) is 0 Å². The van der Waals surface area contributed by atoms with Gasteiger partial charge >= 0.3 is 64.5 Å². The van der Waals surface area contributed by atoms with E-state index in [-0.39, 0.29) is 73.3 Å². The van der Waals surface area contributed by atoms with E-state index in [1.54, 1.807) is 0 Å². The summed E-state index contributed by atoms with van der Waals surface area (Å²) in [6.07, 6.45) is 0. The minimum absolute atomic E-state index is 0. The average molecular weight is 281 g/mol. The van der Waals surface area contributed by atoms with Crippen LogP contribution in [0.5, 0.6) is 0 Å². The molecular weight excluding hydrogens is 278 g/mol. The minimum atomic E-state index is -3.69. The van der Waals surface area contributed by atoms with Crippen LogP contribution in [-0.2, 0) is 22.7 Å². The molecule has 1 radical (unpaired) electrons. The Morgan fingerprint density at radius 2 is 1.33 bits per heavy atom. The predicted molar refractivity (Wildman–Crippen MR) is 12.1 cm³/mol. The molecule has 0 aliphatic carbocycles. The molecule has 0 amide bonds. The van der Waals surface area contributed by atoms with Gasteiger partial charge in [0.05, 0.1) is 0 Å². The number of rotatable bonds is 0. The van der Waals surface area contributed by atoms with Gasteiger partial charge in [0.25, 0.3) is 0 Å². The van der Waals surface area contributed by atoms with Crippen molar-refractivity contribution < 1.29 is 62.4 Å². The summed E-state index contributed by atoms with van der Waals surface area (Å²) in [5, 5.41) is 0. The van der Waals surface area contributed by atoms with Crippen LogP contribution in [0.1, 0.15) is 0 Å². The van der Waals surface area contributed by atoms with Crippen molar-refractivity contribution in [3.63, 3.8) is 0 Å². The maximum absolute atomic E-state index is 8.67. The third kappa shape index (κ3) is 30.6. The normalized spacial score (nSPS) is 4.17. The molecule has 0 saturated carbocycles. The second kappa shape index (κ2) is 10.6. The predicted octanol–water partition coefficient (Wildman–Crippen LogP) is -1.71. The van der Waals surface area contributed by atoms with Crippen molar-refractivity contribution in [2.24, 2.45) is 0 Å². The van der Waals surface area contributed by atoms with Gasteiger partial charge in [0, 0.05) is 35.6 Å². The summed E-state index contributed by atoms with van der Waals surface area (Å²) in [5.74, 6) is 0. The molecule has 1 N–H and O–H groups in total.